The SMILES string of the molecule is COC1(C)CC(C)OC(C)C1OC(C)=O. The van der Waals surface area contributed by atoms with Crippen molar-refractivity contribution in [3.05, 3.63) is 0 Å². The number of rotatable bonds is 2. The molecule has 4 heteroatoms. The van der Waals surface area contributed by atoms with E-state index in [-0.39, 0.29) is 24.3 Å². The normalized spacial score (nSPS) is 41.3. The Kier molecular flexibility index (Phi) is 3.73. The van der Waals surface area contributed by atoms with Gasteiger partial charge in [0.15, 0.2) is 6.10 Å². The predicted molar refractivity (Wildman–Crippen MR) is 55.6 cm³/mol. The molecule has 4 atom stereocenters. The molecule has 1 heterocycles. The Morgan fingerprint density at radius 2 is 2.07 bits per heavy atom. The third kappa shape index (κ3) is 2.69. The van der Waals surface area contributed by atoms with E-state index in [2.05, 4.69) is 0 Å². The van der Waals surface area contributed by atoms with Crippen molar-refractivity contribution in [1.29, 1.82) is 0 Å². The van der Waals surface area contributed by atoms with Crippen LogP contribution in [0.4, 0.5) is 0 Å². The van der Waals surface area contributed by atoms with Crippen molar-refractivity contribution in [2.24, 2.45) is 0 Å². The zero-order valence-electron chi connectivity index (χ0n) is 10.1. The zero-order chi connectivity index (χ0) is 11.6. The van der Waals surface area contributed by atoms with Crippen LogP contribution in [0, 0.1) is 0 Å². The molecule has 1 aliphatic rings. The third-order valence-corrected chi connectivity index (χ3v) is 2.93. The molecule has 0 saturated carbocycles. The summed E-state index contributed by atoms with van der Waals surface area (Å²) in [5, 5.41) is 0. The maximum absolute atomic E-state index is 11.0. The summed E-state index contributed by atoms with van der Waals surface area (Å²) in [4.78, 5) is 11.0. The molecule has 0 N–H and O–H groups in total. The van der Waals surface area contributed by atoms with Crippen LogP contribution in [0.15, 0.2) is 0 Å². The quantitative estimate of drug-likeness (QED) is 0.656. The van der Waals surface area contributed by atoms with E-state index in [4.69, 9.17) is 14.2 Å². The maximum atomic E-state index is 11.0. The smallest absolute Gasteiger partial charge is 0.303 e. The number of methoxy groups -OCH3 is 1. The van der Waals surface area contributed by atoms with Crippen molar-refractivity contribution in [2.45, 2.75) is 58.0 Å². The average molecular weight is 216 g/mol. The lowest BCUT2D eigenvalue weighted by Crippen LogP contribution is -2.56. The van der Waals surface area contributed by atoms with Crippen molar-refractivity contribution in [3.8, 4) is 0 Å². The third-order valence-electron chi connectivity index (χ3n) is 2.93. The van der Waals surface area contributed by atoms with Crippen molar-refractivity contribution in [1.82, 2.24) is 0 Å². The van der Waals surface area contributed by atoms with Crippen molar-refractivity contribution in [2.75, 3.05) is 7.11 Å². The summed E-state index contributed by atoms with van der Waals surface area (Å²) >= 11 is 0. The zero-order valence-corrected chi connectivity index (χ0v) is 10.1. The molecule has 0 aliphatic carbocycles. The van der Waals surface area contributed by atoms with E-state index in [1.54, 1.807) is 7.11 Å². The number of hydrogen-bond donors (Lipinski definition) is 0. The van der Waals surface area contributed by atoms with Gasteiger partial charge >= 0.3 is 5.97 Å². The van der Waals surface area contributed by atoms with Gasteiger partial charge in [-0.15, -0.1) is 0 Å². The minimum Gasteiger partial charge on any atom is -0.457 e. The van der Waals surface area contributed by atoms with Gasteiger partial charge in [-0.25, -0.2) is 0 Å². The minimum absolute atomic E-state index is 0.122. The van der Waals surface area contributed by atoms with Crippen LogP contribution < -0.4 is 0 Å². The topological polar surface area (TPSA) is 44.8 Å². The van der Waals surface area contributed by atoms with E-state index < -0.39 is 5.60 Å². The first kappa shape index (κ1) is 12.5. The highest BCUT2D eigenvalue weighted by Crippen LogP contribution is 2.33. The largest absolute Gasteiger partial charge is 0.457 e. The molecular formula is C11H20O4. The fraction of sp³-hybridized carbons (Fsp3) is 0.909. The molecule has 1 rings (SSSR count). The molecule has 88 valence electrons. The lowest BCUT2D eigenvalue weighted by atomic mass is 9.86. The Balaban J connectivity index is 2.82. The van der Waals surface area contributed by atoms with Crippen molar-refractivity contribution >= 4 is 5.97 Å². The second-order valence-electron chi connectivity index (χ2n) is 4.40. The van der Waals surface area contributed by atoms with Crippen LogP contribution in [0.2, 0.25) is 0 Å². The van der Waals surface area contributed by atoms with E-state index in [1.807, 2.05) is 20.8 Å². The summed E-state index contributed by atoms with van der Waals surface area (Å²) < 4.78 is 16.4. The first-order valence-electron chi connectivity index (χ1n) is 5.27. The highest BCUT2D eigenvalue weighted by atomic mass is 16.6. The molecule has 4 nitrogen and oxygen atoms in total. The number of esters is 1. The van der Waals surface area contributed by atoms with Gasteiger partial charge in [0.25, 0.3) is 0 Å². The van der Waals surface area contributed by atoms with Crippen LogP contribution in [0.3, 0.4) is 0 Å². The Labute approximate surface area is 90.9 Å². The van der Waals surface area contributed by atoms with E-state index >= 15 is 0 Å². The molecule has 1 fully saturated rings. The summed E-state index contributed by atoms with van der Waals surface area (Å²) in [7, 11) is 1.64. The predicted octanol–water partition coefficient (Wildman–Crippen LogP) is 1.52. The molecule has 0 amide bonds. The molecule has 0 aromatic carbocycles. The number of hydrogen-bond acceptors (Lipinski definition) is 4. The lowest BCUT2D eigenvalue weighted by Gasteiger charge is -2.45. The van der Waals surface area contributed by atoms with Crippen molar-refractivity contribution in [3.63, 3.8) is 0 Å². The van der Waals surface area contributed by atoms with Gasteiger partial charge in [0, 0.05) is 20.5 Å². The minimum atomic E-state index is -0.456. The van der Waals surface area contributed by atoms with Gasteiger partial charge in [0.2, 0.25) is 0 Å². The Hall–Kier alpha value is -0.610. The van der Waals surface area contributed by atoms with E-state index in [9.17, 15) is 4.79 Å². The van der Waals surface area contributed by atoms with Gasteiger partial charge in [-0.3, -0.25) is 4.79 Å². The highest BCUT2D eigenvalue weighted by Gasteiger charge is 2.46. The van der Waals surface area contributed by atoms with E-state index in [0.29, 0.717) is 0 Å². The van der Waals surface area contributed by atoms with Gasteiger partial charge in [-0.1, -0.05) is 0 Å². The molecule has 0 spiro atoms. The Morgan fingerprint density at radius 3 is 2.53 bits per heavy atom. The van der Waals surface area contributed by atoms with Gasteiger partial charge < -0.3 is 14.2 Å². The van der Waals surface area contributed by atoms with Crippen LogP contribution in [0.25, 0.3) is 0 Å². The standard InChI is InChI=1S/C11H20O4/c1-7-6-11(4,13-5)10(8(2)14-7)15-9(3)12/h7-8,10H,6H2,1-5H3. The number of carbonyl (C=O) groups is 1. The Morgan fingerprint density at radius 1 is 1.47 bits per heavy atom. The summed E-state index contributed by atoms with van der Waals surface area (Å²) in [6.07, 6.45) is 0.377. The molecule has 0 radical (unpaired) electrons. The number of carbonyl (C=O) groups excluding carboxylic acids is 1. The van der Waals surface area contributed by atoms with Crippen LogP contribution in [0.1, 0.15) is 34.1 Å². The summed E-state index contributed by atoms with van der Waals surface area (Å²) in [6, 6.07) is 0. The second kappa shape index (κ2) is 4.49. The van der Waals surface area contributed by atoms with Gasteiger partial charge in [0.05, 0.1) is 12.2 Å². The fourth-order valence-corrected chi connectivity index (χ4v) is 2.27. The van der Waals surface area contributed by atoms with Crippen LogP contribution in [0.5, 0.6) is 0 Å². The highest BCUT2D eigenvalue weighted by molar-refractivity contribution is 5.66. The Bertz CT molecular complexity index is 241. The molecule has 15 heavy (non-hydrogen) atoms. The molecule has 0 aromatic rings. The van der Waals surface area contributed by atoms with Crippen LogP contribution in [-0.4, -0.2) is 37.0 Å². The number of ether oxygens (including phenoxy) is 3. The second-order valence-corrected chi connectivity index (χ2v) is 4.40. The molecule has 0 aromatic heterocycles. The van der Waals surface area contributed by atoms with Gasteiger partial charge in [-0.2, -0.15) is 0 Å². The van der Waals surface area contributed by atoms with E-state index in [0.717, 1.165) is 6.42 Å². The van der Waals surface area contributed by atoms with Gasteiger partial charge in [0.1, 0.15) is 5.60 Å². The monoisotopic (exact) mass is 216 g/mol. The maximum Gasteiger partial charge on any atom is 0.303 e. The van der Waals surface area contributed by atoms with E-state index in [1.165, 1.54) is 6.92 Å². The van der Waals surface area contributed by atoms with Crippen LogP contribution >= 0.6 is 0 Å². The van der Waals surface area contributed by atoms with Gasteiger partial charge in [-0.05, 0) is 20.8 Å². The molecule has 1 aliphatic heterocycles. The first-order valence-corrected chi connectivity index (χ1v) is 5.27. The fourth-order valence-electron chi connectivity index (χ4n) is 2.27. The first-order chi connectivity index (χ1) is 6.89. The summed E-state index contributed by atoms with van der Waals surface area (Å²) in [5.74, 6) is -0.298. The summed E-state index contributed by atoms with van der Waals surface area (Å²) in [6.45, 7) is 7.26. The molecule has 4 unspecified atom stereocenters. The summed E-state index contributed by atoms with van der Waals surface area (Å²) in [5.41, 5.74) is -0.456. The molecule has 0 bridgehead atoms. The molecular weight excluding hydrogens is 196 g/mol. The molecule has 1 saturated heterocycles. The van der Waals surface area contributed by atoms with Crippen molar-refractivity contribution < 1.29 is 19.0 Å². The van der Waals surface area contributed by atoms with Crippen LogP contribution in [-0.2, 0) is 19.0 Å². The average Bonchev–Trinajstić information content (AvgIpc) is 2.11. The lowest BCUT2D eigenvalue weighted by molar-refractivity contribution is -0.225.